The van der Waals surface area contributed by atoms with Gasteiger partial charge in [-0.15, -0.1) is 0 Å². The number of carbonyl (C=O) groups excluding carboxylic acids is 1. The van der Waals surface area contributed by atoms with Gasteiger partial charge in [0.15, 0.2) is 0 Å². The molecule has 3 aliphatic heterocycles. The van der Waals surface area contributed by atoms with Gasteiger partial charge in [-0.2, -0.15) is 5.48 Å². The quantitative estimate of drug-likeness (QED) is 0.564. The molecular formula is C21H39N5O2. The third kappa shape index (κ3) is 5.25. The summed E-state index contributed by atoms with van der Waals surface area (Å²) in [7, 11) is 0. The molecule has 160 valence electrons. The van der Waals surface area contributed by atoms with Crippen LogP contribution >= 0.6 is 0 Å². The first-order valence-corrected chi connectivity index (χ1v) is 11.6. The van der Waals surface area contributed by atoms with Gasteiger partial charge in [0.25, 0.3) is 0 Å². The van der Waals surface area contributed by atoms with Crippen molar-refractivity contribution in [2.75, 3.05) is 26.2 Å². The Kier molecular flexibility index (Phi) is 7.22. The SMILES string of the molecule is CC1NOC([C@H]2CCCCN2CC2CCCC(C(=O)NC3CCCNC3)C2)N1. The Hall–Kier alpha value is -0.730. The third-order valence-corrected chi connectivity index (χ3v) is 7.09. The summed E-state index contributed by atoms with van der Waals surface area (Å²) in [6, 6.07) is 0.766. The van der Waals surface area contributed by atoms with Crippen molar-refractivity contribution in [3.8, 4) is 0 Å². The molecule has 7 nitrogen and oxygen atoms in total. The van der Waals surface area contributed by atoms with Crippen molar-refractivity contribution in [3.05, 3.63) is 0 Å². The molecule has 0 spiro atoms. The fourth-order valence-corrected chi connectivity index (χ4v) is 5.59. The molecule has 4 rings (SSSR count). The van der Waals surface area contributed by atoms with E-state index in [0.717, 1.165) is 45.4 Å². The zero-order chi connectivity index (χ0) is 19.3. The van der Waals surface area contributed by atoms with E-state index in [1.807, 2.05) is 0 Å². The predicted octanol–water partition coefficient (Wildman–Crippen LogP) is 1.31. The van der Waals surface area contributed by atoms with Gasteiger partial charge in [-0.25, -0.2) is 0 Å². The van der Waals surface area contributed by atoms with Crippen LogP contribution in [0.3, 0.4) is 0 Å². The van der Waals surface area contributed by atoms with Crippen LogP contribution in [0, 0.1) is 11.8 Å². The second-order valence-electron chi connectivity index (χ2n) is 9.38. The number of nitrogens with zero attached hydrogens (tertiary/aromatic N) is 1. The average Bonchev–Trinajstić information content (AvgIpc) is 3.15. The molecular weight excluding hydrogens is 354 g/mol. The van der Waals surface area contributed by atoms with E-state index in [-0.39, 0.29) is 18.3 Å². The number of likely N-dealkylation sites (tertiary alicyclic amines) is 1. The first-order valence-electron chi connectivity index (χ1n) is 11.6. The van der Waals surface area contributed by atoms with Crippen molar-refractivity contribution < 1.29 is 9.63 Å². The fourth-order valence-electron chi connectivity index (χ4n) is 5.59. The Bertz CT molecular complexity index is 513. The van der Waals surface area contributed by atoms with Gasteiger partial charge in [0.1, 0.15) is 6.23 Å². The van der Waals surface area contributed by atoms with E-state index in [2.05, 4.69) is 33.3 Å². The Morgan fingerprint density at radius 3 is 2.86 bits per heavy atom. The Morgan fingerprint density at radius 1 is 1.14 bits per heavy atom. The van der Waals surface area contributed by atoms with Gasteiger partial charge < -0.3 is 10.6 Å². The highest BCUT2D eigenvalue weighted by atomic mass is 16.7. The van der Waals surface area contributed by atoms with Gasteiger partial charge >= 0.3 is 0 Å². The molecule has 1 amide bonds. The van der Waals surface area contributed by atoms with Crippen LogP contribution < -0.4 is 21.4 Å². The van der Waals surface area contributed by atoms with Gasteiger partial charge in [0, 0.05) is 25.0 Å². The van der Waals surface area contributed by atoms with Gasteiger partial charge in [0.2, 0.25) is 5.91 Å². The maximum Gasteiger partial charge on any atom is 0.223 e. The van der Waals surface area contributed by atoms with Crippen LogP contribution in [0.25, 0.3) is 0 Å². The largest absolute Gasteiger partial charge is 0.352 e. The molecule has 4 fully saturated rings. The highest BCUT2D eigenvalue weighted by Crippen LogP contribution is 2.32. The average molecular weight is 394 g/mol. The lowest BCUT2D eigenvalue weighted by molar-refractivity contribution is -0.127. The van der Waals surface area contributed by atoms with Crippen LogP contribution in [0.2, 0.25) is 0 Å². The molecule has 0 radical (unpaired) electrons. The highest BCUT2D eigenvalue weighted by molar-refractivity contribution is 5.79. The van der Waals surface area contributed by atoms with E-state index in [1.54, 1.807) is 0 Å². The zero-order valence-electron chi connectivity index (χ0n) is 17.4. The summed E-state index contributed by atoms with van der Waals surface area (Å²) in [6.07, 6.45) is 10.9. The van der Waals surface area contributed by atoms with Crippen molar-refractivity contribution in [1.29, 1.82) is 0 Å². The molecule has 3 saturated heterocycles. The normalized spacial score (nSPS) is 40.3. The monoisotopic (exact) mass is 393 g/mol. The molecule has 6 atom stereocenters. The van der Waals surface area contributed by atoms with Gasteiger partial charge in [-0.1, -0.05) is 12.8 Å². The summed E-state index contributed by atoms with van der Waals surface area (Å²) < 4.78 is 0. The summed E-state index contributed by atoms with van der Waals surface area (Å²) in [5.74, 6) is 1.13. The Labute approximate surface area is 169 Å². The van der Waals surface area contributed by atoms with Crippen LogP contribution in [0.1, 0.15) is 64.7 Å². The second-order valence-corrected chi connectivity index (χ2v) is 9.38. The smallest absolute Gasteiger partial charge is 0.223 e. The van der Waals surface area contributed by atoms with Gasteiger partial charge in [-0.3, -0.25) is 19.8 Å². The van der Waals surface area contributed by atoms with Crippen LogP contribution in [0.5, 0.6) is 0 Å². The molecule has 0 bridgehead atoms. The van der Waals surface area contributed by atoms with Crippen molar-refractivity contribution in [1.82, 2.24) is 26.3 Å². The van der Waals surface area contributed by atoms with Crippen LogP contribution in [0.15, 0.2) is 0 Å². The molecule has 5 unspecified atom stereocenters. The summed E-state index contributed by atoms with van der Waals surface area (Å²) in [5, 5.41) is 10.2. The third-order valence-electron chi connectivity index (χ3n) is 7.09. The number of hydrogen-bond acceptors (Lipinski definition) is 6. The maximum atomic E-state index is 12.8. The Morgan fingerprint density at radius 2 is 2.07 bits per heavy atom. The lowest BCUT2D eigenvalue weighted by Crippen LogP contribution is -2.53. The van der Waals surface area contributed by atoms with E-state index in [0.29, 0.717) is 23.9 Å². The number of hydroxylamine groups is 1. The number of hydrogen-bond donors (Lipinski definition) is 4. The van der Waals surface area contributed by atoms with Crippen molar-refractivity contribution in [2.45, 2.75) is 89.2 Å². The minimum atomic E-state index is 0.0804. The van der Waals surface area contributed by atoms with Crippen molar-refractivity contribution in [3.63, 3.8) is 0 Å². The number of rotatable bonds is 5. The Balaban J connectivity index is 1.29. The van der Waals surface area contributed by atoms with Crippen molar-refractivity contribution in [2.24, 2.45) is 11.8 Å². The summed E-state index contributed by atoms with van der Waals surface area (Å²) in [5.41, 5.74) is 3.06. The fraction of sp³-hybridized carbons (Fsp3) is 0.952. The lowest BCUT2D eigenvalue weighted by atomic mass is 9.80. The number of nitrogens with one attached hydrogen (secondary N) is 4. The summed E-state index contributed by atoms with van der Waals surface area (Å²) in [4.78, 5) is 21.3. The number of piperidine rings is 2. The molecule has 4 N–H and O–H groups in total. The van der Waals surface area contributed by atoms with Crippen molar-refractivity contribution >= 4 is 5.91 Å². The minimum absolute atomic E-state index is 0.0804. The molecule has 1 aliphatic carbocycles. The second kappa shape index (κ2) is 9.85. The highest BCUT2D eigenvalue weighted by Gasteiger charge is 2.37. The zero-order valence-corrected chi connectivity index (χ0v) is 17.4. The standard InChI is InChI=1S/C21H39N5O2/c1-15-23-21(28-25-15)19-9-2-3-11-26(19)14-16-6-4-7-17(12-16)20(27)24-18-8-5-10-22-13-18/h15-19,21-23,25H,2-14H2,1H3,(H,24,27)/t15?,16?,17?,18?,19-,21?/m1/s1. The molecule has 7 heteroatoms. The molecule has 0 aromatic carbocycles. The first-order chi connectivity index (χ1) is 13.7. The molecule has 0 aromatic heterocycles. The van der Waals surface area contributed by atoms with Crippen LogP contribution in [-0.2, 0) is 9.63 Å². The predicted molar refractivity (Wildman–Crippen MR) is 109 cm³/mol. The molecule has 4 aliphatic rings. The lowest BCUT2D eigenvalue weighted by Gasteiger charge is -2.41. The molecule has 28 heavy (non-hydrogen) atoms. The van der Waals surface area contributed by atoms with E-state index < -0.39 is 0 Å². The molecule has 3 heterocycles. The number of carbonyl (C=O) groups is 1. The van der Waals surface area contributed by atoms with E-state index in [1.165, 1.54) is 38.5 Å². The number of amides is 1. The van der Waals surface area contributed by atoms with E-state index in [9.17, 15) is 4.79 Å². The van der Waals surface area contributed by atoms with Crippen LogP contribution in [-0.4, -0.2) is 61.5 Å². The molecule has 0 aromatic rings. The maximum absolute atomic E-state index is 12.8. The van der Waals surface area contributed by atoms with Crippen LogP contribution in [0.4, 0.5) is 0 Å². The van der Waals surface area contributed by atoms with E-state index >= 15 is 0 Å². The van der Waals surface area contributed by atoms with E-state index in [4.69, 9.17) is 4.84 Å². The van der Waals surface area contributed by atoms with Gasteiger partial charge in [-0.05, 0) is 70.9 Å². The topological polar surface area (TPSA) is 77.7 Å². The summed E-state index contributed by atoms with van der Waals surface area (Å²) in [6.45, 7) is 6.37. The summed E-state index contributed by atoms with van der Waals surface area (Å²) >= 11 is 0. The minimum Gasteiger partial charge on any atom is -0.352 e. The first kappa shape index (κ1) is 20.5. The molecule has 1 saturated carbocycles. The van der Waals surface area contributed by atoms with Gasteiger partial charge in [0.05, 0.1) is 12.2 Å².